The highest BCUT2D eigenvalue weighted by Crippen LogP contribution is 2.36. The third-order valence-electron chi connectivity index (χ3n) is 8.82. The van der Waals surface area contributed by atoms with Crippen molar-refractivity contribution < 1.29 is 18.3 Å². The number of likely N-dealkylation sites (tertiary alicyclic amines) is 1. The number of esters is 1. The maximum atomic E-state index is 14.9. The molecule has 1 fully saturated rings. The van der Waals surface area contributed by atoms with E-state index in [-0.39, 0.29) is 25.5 Å². The number of hydrogen-bond acceptors (Lipinski definition) is 5. The molecule has 41 heavy (non-hydrogen) atoms. The molecule has 2 aliphatic heterocycles. The molecule has 0 spiro atoms. The lowest BCUT2D eigenvalue weighted by Crippen LogP contribution is -2.40. The Morgan fingerprint density at radius 3 is 2.63 bits per heavy atom. The maximum absolute atomic E-state index is 14.9. The summed E-state index contributed by atoms with van der Waals surface area (Å²) in [6.45, 7) is 10.6. The molecule has 9 heteroatoms. The summed E-state index contributed by atoms with van der Waals surface area (Å²) in [5.74, 6) is -0.545. The summed E-state index contributed by atoms with van der Waals surface area (Å²) in [6.07, 6.45) is 2.64. The molecule has 216 valence electrons. The standard InChI is InChI=1S/C32H37F2N5O2/c1-5-37-12-11-24(27(34)17-37)21-7-9-22(10-8-21)25-13-19(3)26-16-39(36-29(26)20(25)4)31(32(40)41-6-2)30-28-14-23(33)15-38(28)18-35-30/h7-10,13,16,18,23-24,27,31H,5-6,11-12,14-15,17H2,1-4H3/t23?,24-,27+,31?/m0/s1. The summed E-state index contributed by atoms with van der Waals surface area (Å²) in [5.41, 5.74) is 7.10. The Morgan fingerprint density at radius 1 is 1.15 bits per heavy atom. The van der Waals surface area contributed by atoms with Gasteiger partial charge in [-0.25, -0.2) is 18.6 Å². The molecule has 4 aromatic rings. The van der Waals surface area contributed by atoms with E-state index in [1.807, 2.05) is 20.0 Å². The highest BCUT2D eigenvalue weighted by molar-refractivity contribution is 5.91. The number of hydrogen-bond donors (Lipinski definition) is 0. The van der Waals surface area contributed by atoms with Gasteiger partial charge in [0.05, 0.1) is 30.7 Å². The molecule has 0 N–H and O–H groups in total. The third-order valence-corrected chi connectivity index (χ3v) is 8.82. The lowest BCUT2D eigenvalue weighted by atomic mass is 9.86. The second kappa shape index (κ2) is 11.0. The van der Waals surface area contributed by atoms with Crippen molar-refractivity contribution in [2.45, 2.75) is 71.4 Å². The molecule has 0 aliphatic carbocycles. The number of alkyl halides is 2. The van der Waals surface area contributed by atoms with Gasteiger partial charge in [0.1, 0.15) is 12.3 Å². The van der Waals surface area contributed by atoms with E-state index < -0.39 is 24.4 Å². The summed E-state index contributed by atoms with van der Waals surface area (Å²) >= 11 is 0. The van der Waals surface area contributed by atoms with E-state index in [1.165, 1.54) is 0 Å². The molecule has 4 atom stereocenters. The minimum Gasteiger partial charge on any atom is -0.464 e. The maximum Gasteiger partial charge on any atom is 0.337 e. The summed E-state index contributed by atoms with van der Waals surface area (Å²) in [7, 11) is 0. The van der Waals surface area contributed by atoms with E-state index in [9.17, 15) is 13.6 Å². The quantitative estimate of drug-likeness (QED) is 0.271. The van der Waals surface area contributed by atoms with Crippen LogP contribution in [-0.4, -0.2) is 68.8 Å². The van der Waals surface area contributed by atoms with Crippen LogP contribution in [-0.2, 0) is 22.5 Å². The molecule has 2 aromatic heterocycles. The van der Waals surface area contributed by atoms with Crippen LogP contribution >= 0.6 is 0 Å². The van der Waals surface area contributed by atoms with Crippen molar-refractivity contribution in [3.63, 3.8) is 0 Å². The van der Waals surface area contributed by atoms with Gasteiger partial charge >= 0.3 is 5.97 Å². The van der Waals surface area contributed by atoms with Gasteiger partial charge in [-0.05, 0) is 68.1 Å². The highest BCUT2D eigenvalue weighted by Gasteiger charge is 2.35. The summed E-state index contributed by atoms with van der Waals surface area (Å²) in [6, 6.07) is 9.49. The fourth-order valence-electron chi connectivity index (χ4n) is 6.54. The number of fused-ring (bicyclic) bond motifs is 2. The number of rotatable bonds is 7. The van der Waals surface area contributed by atoms with E-state index in [4.69, 9.17) is 9.84 Å². The average Bonchev–Trinajstić information content (AvgIpc) is 3.67. The lowest BCUT2D eigenvalue weighted by Gasteiger charge is -2.34. The fourth-order valence-corrected chi connectivity index (χ4v) is 6.54. The number of benzene rings is 2. The number of nitrogens with zero attached hydrogens (tertiary/aromatic N) is 5. The first-order valence-corrected chi connectivity index (χ1v) is 14.6. The molecule has 0 bridgehead atoms. The van der Waals surface area contributed by atoms with Crippen LogP contribution in [0.1, 0.15) is 60.3 Å². The van der Waals surface area contributed by atoms with Crippen molar-refractivity contribution in [1.29, 1.82) is 0 Å². The van der Waals surface area contributed by atoms with Gasteiger partial charge in [0.2, 0.25) is 0 Å². The van der Waals surface area contributed by atoms with Crippen molar-refractivity contribution in [2.24, 2.45) is 0 Å². The highest BCUT2D eigenvalue weighted by atomic mass is 19.1. The molecule has 2 aliphatic rings. The number of halogens is 2. The molecule has 1 saturated heterocycles. The third kappa shape index (κ3) is 4.94. The van der Waals surface area contributed by atoms with Crippen molar-refractivity contribution in [1.82, 2.24) is 24.2 Å². The van der Waals surface area contributed by atoms with Crippen molar-refractivity contribution in [3.8, 4) is 11.1 Å². The Morgan fingerprint density at radius 2 is 1.93 bits per heavy atom. The monoisotopic (exact) mass is 561 g/mol. The molecular formula is C32H37F2N5O2. The molecule has 0 saturated carbocycles. The number of aromatic nitrogens is 4. The first-order chi connectivity index (χ1) is 19.8. The summed E-state index contributed by atoms with van der Waals surface area (Å²) in [4.78, 5) is 19.9. The molecule has 0 amide bonds. The minimum absolute atomic E-state index is 0.0789. The predicted octanol–water partition coefficient (Wildman–Crippen LogP) is 5.71. The van der Waals surface area contributed by atoms with E-state index in [0.717, 1.165) is 58.2 Å². The van der Waals surface area contributed by atoms with Crippen LogP contribution in [0.5, 0.6) is 0 Å². The number of imidazole rings is 1. The van der Waals surface area contributed by atoms with Crippen molar-refractivity contribution in [2.75, 3.05) is 26.2 Å². The minimum atomic E-state index is -0.996. The van der Waals surface area contributed by atoms with Crippen LogP contribution in [0.2, 0.25) is 0 Å². The van der Waals surface area contributed by atoms with Gasteiger partial charge in [0.25, 0.3) is 0 Å². The number of carbonyl (C=O) groups is 1. The summed E-state index contributed by atoms with van der Waals surface area (Å²) in [5, 5.41) is 5.83. The Labute approximate surface area is 239 Å². The van der Waals surface area contributed by atoms with E-state index in [0.29, 0.717) is 17.9 Å². The van der Waals surface area contributed by atoms with E-state index in [1.54, 1.807) is 22.5 Å². The Bertz CT molecular complexity index is 1580. The first kappa shape index (κ1) is 27.6. The smallest absolute Gasteiger partial charge is 0.337 e. The normalized spacial score (nSPS) is 21.8. The largest absolute Gasteiger partial charge is 0.464 e. The Balaban J connectivity index is 1.35. The topological polar surface area (TPSA) is 65.2 Å². The van der Waals surface area contributed by atoms with E-state index >= 15 is 0 Å². The van der Waals surface area contributed by atoms with Gasteiger partial charge in [-0.3, -0.25) is 4.68 Å². The van der Waals surface area contributed by atoms with Crippen LogP contribution in [0.4, 0.5) is 8.78 Å². The molecule has 2 aromatic carbocycles. The van der Waals surface area contributed by atoms with Crippen LogP contribution < -0.4 is 0 Å². The van der Waals surface area contributed by atoms with Crippen molar-refractivity contribution >= 4 is 16.9 Å². The average molecular weight is 562 g/mol. The summed E-state index contributed by atoms with van der Waals surface area (Å²) < 4.78 is 38.0. The Kier molecular flexibility index (Phi) is 7.40. The second-order valence-electron chi connectivity index (χ2n) is 11.3. The molecule has 0 radical (unpaired) electrons. The molecule has 7 nitrogen and oxygen atoms in total. The number of piperidine rings is 1. The zero-order valence-electron chi connectivity index (χ0n) is 24.1. The zero-order valence-corrected chi connectivity index (χ0v) is 24.1. The molecular weight excluding hydrogens is 524 g/mol. The van der Waals surface area contributed by atoms with Gasteiger partial charge in [-0.1, -0.05) is 37.3 Å². The number of aryl methyl sites for hydroxylation is 2. The van der Waals surface area contributed by atoms with Gasteiger partial charge in [0, 0.05) is 36.2 Å². The molecule has 6 rings (SSSR count). The lowest BCUT2D eigenvalue weighted by molar-refractivity contribution is -0.146. The van der Waals surface area contributed by atoms with Crippen molar-refractivity contribution in [3.05, 3.63) is 70.9 Å². The van der Waals surface area contributed by atoms with Crippen LogP contribution in [0.25, 0.3) is 22.0 Å². The zero-order chi connectivity index (χ0) is 28.8. The van der Waals surface area contributed by atoms with Crippen LogP contribution in [0.15, 0.2) is 42.9 Å². The van der Waals surface area contributed by atoms with Gasteiger partial charge in [0.15, 0.2) is 6.04 Å². The Hall–Kier alpha value is -3.59. The molecule has 2 unspecified atom stereocenters. The van der Waals surface area contributed by atoms with Gasteiger partial charge in [-0.2, -0.15) is 5.10 Å². The number of ether oxygens (including phenoxy) is 1. The predicted molar refractivity (Wildman–Crippen MR) is 155 cm³/mol. The second-order valence-corrected chi connectivity index (χ2v) is 11.3. The van der Waals surface area contributed by atoms with Crippen LogP contribution in [0, 0.1) is 13.8 Å². The number of carbonyl (C=O) groups excluding carboxylic acids is 1. The first-order valence-electron chi connectivity index (χ1n) is 14.6. The molecule has 4 heterocycles. The van der Waals surface area contributed by atoms with Crippen LogP contribution in [0.3, 0.4) is 0 Å². The van der Waals surface area contributed by atoms with Gasteiger partial charge in [-0.15, -0.1) is 0 Å². The SMILES string of the molecule is CCOC(=O)C(c1ncn2c1CC(F)C2)n1cc2c(C)cc(-c3ccc([C@@H]4CCN(CC)C[C@H]4F)cc3)c(C)c2n1. The van der Waals surface area contributed by atoms with E-state index in [2.05, 4.69) is 47.1 Å². The fraction of sp³-hybridized carbons (Fsp3) is 0.469. The van der Waals surface area contributed by atoms with Gasteiger partial charge < -0.3 is 14.2 Å².